The van der Waals surface area contributed by atoms with Crippen molar-refractivity contribution in [3.63, 3.8) is 0 Å². The van der Waals surface area contributed by atoms with Crippen LogP contribution in [0.3, 0.4) is 0 Å². The van der Waals surface area contributed by atoms with Gasteiger partial charge in [-0.3, -0.25) is 0 Å². The lowest BCUT2D eigenvalue weighted by Gasteiger charge is -2.27. The fourth-order valence-corrected chi connectivity index (χ4v) is 10.9. The van der Waals surface area contributed by atoms with Crippen LogP contribution in [0.25, 0.3) is 81.4 Å². The van der Waals surface area contributed by atoms with Gasteiger partial charge in [-0.2, -0.15) is 0 Å². The summed E-state index contributed by atoms with van der Waals surface area (Å²) in [6.45, 7) is 4.71. The molecule has 294 valence electrons. The van der Waals surface area contributed by atoms with Gasteiger partial charge in [0, 0.05) is 48.4 Å². The Morgan fingerprint density at radius 1 is 0.403 bits per heavy atom. The van der Waals surface area contributed by atoms with Gasteiger partial charge in [0.25, 0.3) is 0 Å². The molecule has 0 aliphatic heterocycles. The van der Waals surface area contributed by atoms with E-state index in [1.165, 1.54) is 86.8 Å². The molecule has 0 radical (unpaired) electrons. The zero-order valence-corrected chi connectivity index (χ0v) is 35.4. The first kappa shape index (κ1) is 36.4. The van der Waals surface area contributed by atoms with Gasteiger partial charge in [0.15, 0.2) is 0 Å². The Morgan fingerprint density at radius 2 is 1.02 bits per heavy atom. The Labute approximate surface area is 366 Å². The van der Waals surface area contributed by atoms with Crippen molar-refractivity contribution in [3.8, 4) is 48.8 Å². The van der Waals surface area contributed by atoms with Crippen LogP contribution < -0.4 is 4.90 Å². The maximum Gasteiger partial charge on any atom is 0.0542 e. The van der Waals surface area contributed by atoms with E-state index in [0.29, 0.717) is 0 Å². The summed E-state index contributed by atoms with van der Waals surface area (Å²) in [6, 6.07) is 80.4. The van der Waals surface area contributed by atoms with E-state index in [9.17, 15) is 0 Å². The quantitative estimate of drug-likeness (QED) is 0.156. The van der Waals surface area contributed by atoms with Gasteiger partial charge in [-0.15, -0.1) is 11.3 Å². The van der Waals surface area contributed by atoms with Crippen LogP contribution in [0.15, 0.2) is 218 Å². The Bertz CT molecular complexity index is 3480. The third-order valence-electron chi connectivity index (χ3n) is 13.0. The molecule has 2 nitrogen and oxygen atoms in total. The molecule has 9 aromatic carbocycles. The van der Waals surface area contributed by atoms with Crippen molar-refractivity contribution < 1.29 is 0 Å². The molecule has 0 bridgehead atoms. The van der Waals surface area contributed by atoms with Gasteiger partial charge in [-0.05, 0) is 129 Å². The van der Waals surface area contributed by atoms with Crippen molar-refractivity contribution in [1.29, 1.82) is 0 Å². The Balaban J connectivity index is 1.01. The highest BCUT2D eigenvalue weighted by Crippen LogP contribution is 2.50. The van der Waals surface area contributed by atoms with E-state index in [-0.39, 0.29) is 5.41 Å². The summed E-state index contributed by atoms with van der Waals surface area (Å²) in [7, 11) is 0. The Hall–Kier alpha value is -7.46. The van der Waals surface area contributed by atoms with Crippen LogP contribution in [0.4, 0.5) is 17.1 Å². The van der Waals surface area contributed by atoms with Crippen LogP contribution in [-0.4, -0.2) is 4.57 Å². The number of fused-ring (bicyclic) bond motifs is 7. The molecule has 11 aromatic rings. The molecule has 3 heteroatoms. The second-order valence-corrected chi connectivity index (χ2v) is 18.0. The summed E-state index contributed by atoms with van der Waals surface area (Å²) < 4.78 is 2.41. The van der Waals surface area contributed by atoms with Crippen LogP contribution in [0.1, 0.15) is 25.0 Å². The predicted octanol–water partition coefficient (Wildman–Crippen LogP) is 16.8. The Morgan fingerprint density at radius 3 is 1.84 bits per heavy atom. The number of hydrogen-bond acceptors (Lipinski definition) is 2. The molecule has 1 aliphatic carbocycles. The average Bonchev–Trinajstić information content (AvgIpc) is 4.01. The van der Waals surface area contributed by atoms with Crippen LogP contribution in [0.5, 0.6) is 0 Å². The minimum atomic E-state index is -0.0506. The molecule has 0 N–H and O–H groups in total. The zero-order chi connectivity index (χ0) is 41.4. The SMILES string of the molecule is CC1(C)c2ccccc2-c2ccc(-c3ccc(N(c4ccc5c(c4)c4cc(-c6ccc(-c7ccccc7)s6)ccc4n5-c4ccccc4)c4cccc5ccccc45)cc3)cc21. The number of benzene rings is 9. The molecular formula is C59H42N2S. The van der Waals surface area contributed by atoms with Gasteiger partial charge in [-0.1, -0.05) is 153 Å². The van der Waals surface area contributed by atoms with E-state index < -0.39 is 0 Å². The fraction of sp³-hybridized carbons (Fsp3) is 0.0508. The summed E-state index contributed by atoms with van der Waals surface area (Å²) in [5.74, 6) is 0. The lowest BCUT2D eigenvalue weighted by molar-refractivity contribution is 0.660. The molecule has 62 heavy (non-hydrogen) atoms. The number of thiophene rings is 1. The first-order valence-electron chi connectivity index (χ1n) is 21.4. The lowest BCUT2D eigenvalue weighted by Crippen LogP contribution is -2.14. The average molecular weight is 811 g/mol. The summed E-state index contributed by atoms with van der Waals surface area (Å²) in [6.07, 6.45) is 0. The van der Waals surface area contributed by atoms with Crippen molar-refractivity contribution >= 4 is 61.0 Å². The molecule has 0 saturated heterocycles. The third-order valence-corrected chi connectivity index (χ3v) is 14.2. The van der Waals surface area contributed by atoms with Crippen molar-refractivity contribution in [2.24, 2.45) is 0 Å². The van der Waals surface area contributed by atoms with E-state index in [4.69, 9.17) is 0 Å². The molecule has 0 spiro atoms. The van der Waals surface area contributed by atoms with E-state index in [2.05, 4.69) is 242 Å². The predicted molar refractivity (Wildman–Crippen MR) is 265 cm³/mol. The van der Waals surface area contributed by atoms with E-state index in [0.717, 1.165) is 22.7 Å². The second kappa shape index (κ2) is 14.3. The van der Waals surface area contributed by atoms with Crippen LogP contribution in [-0.2, 0) is 5.41 Å². The number of aromatic nitrogens is 1. The maximum absolute atomic E-state index is 2.44. The molecule has 1 aliphatic rings. The molecule has 2 aromatic heterocycles. The normalized spacial score (nSPS) is 12.8. The minimum Gasteiger partial charge on any atom is -0.310 e. The van der Waals surface area contributed by atoms with E-state index >= 15 is 0 Å². The van der Waals surface area contributed by atoms with E-state index in [1.54, 1.807) is 0 Å². The van der Waals surface area contributed by atoms with Gasteiger partial charge < -0.3 is 9.47 Å². The van der Waals surface area contributed by atoms with Gasteiger partial charge in [0.05, 0.1) is 16.7 Å². The number of anilines is 3. The number of nitrogens with zero attached hydrogens (tertiary/aromatic N) is 2. The van der Waals surface area contributed by atoms with Crippen LogP contribution in [0, 0.1) is 0 Å². The summed E-state index contributed by atoms with van der Waals surface area (Å²) in [5, 5.41) is 4.87. The van der Waals surface area contributed by atoms with Gasteiger partial charge in [0.2, 0.25) is 0 Å². The van der Waals surface area contributed by atoms with Gasteiger partial charge >= 0.3 is 0 Å². The van der Waals surface area contributed by atoms with Crippen molar-refractivity contribution in [2.45, 2.75) is 19.3 Å². The third kappa shape index (κ3) is 5.84. The fourth-order valence-electron chi connectivity index (χ4n) is 9.93. The zero-order valence-electron chi connectivity index (χ0n) is 34.6. The summed E-state index contributed by atoms with van der Waals surface area (Å²) >= 11 is 1.85. The maximum atomic E-state index is 2.44. The van der Waals surface area contributed by atoms with Crippen LogP contribution in [0.2, 0.25) is 0 Å². The number of rotatable bonds is 7. The van der Waals surface area contributed by atoms with Crippen molar-refractivity contribution in [3.05, 3.63) is 230 Å². The van der Waals surface area contributed by atoms with E-state index in [1.807, 2.05) is 11.3 Å². The molecule has 0 saturated carbocycles. The molecule has 0 unspecified atom stereocenters. The molecule has 2 heterocycles. The highest BCUT2D eigenvalue weighted by molar-refractivity contribution is 7.18. The largest absolute Gasteiger partial charge is 0.310 e. The summed E-state index contributed by atoms with van der Waals surface area (Å²) in [5.41, 5.74) is 17.2. The smallest absolute Gasteiger partial charge is 0.0542 e. The Kier molecular flexibility index (Phi) is 8.41. The number of para-hydroxylation sites is 1. The highest BCUT2D eigenvalue weighted by atomic mass is 32.1. The molecule has 0 atom stereocenters. The van der Waals surface area contributed by atoms with Gasteiger partial charge in [-0.25, -0.2) is 0 Å². The lowest BCUT2D eigenvalue weighted by atomic mass is 9.81. The van der Waals surface area contributed by atoms with Crippen LogP contribution >= 0.6 is 11.3 Å². The molecule has 0 fully saturated rings. The topological polar surface area (TPSA) is 8.17 Å². The standard InChI is InChI=1S/C59H42N2S/c1-59(2)52-22-12-11-21-48(52)49-31-26-42(37-53(49)59)39-24-28-45(29-25-39)60(54-23-13-17-40-14-9-10-20-47(40)54)46-30-33-56-51(38-46)50-36-43(27-32-55(50)61(56)44-18-7-4-8-19-44)58-35-34-57(62-58)41-15-5-3-6-16-41/h3-38H,1-2H3. The molecule has 12 rings (SSSR count). The number of hydrogen-bond donors (Lipinski definition) is 0. The monoisotopic (exact) mass is 810 g/mol. The molecular weight excluding hydrogens is 769 g/mol. The first-order valence-corrected chi connectivity index (χ1v) is 22.2. The minimum absolute atomic E-state index is 0.0506. The highest BCUT2D eigenvalue weighted by Gasteiger charge is 2.35. The second-order valence-electron chi connectivity index (χ2n) is 16.9. The molecule has 0 amide bonds. The van der Waals surface area contributed by atoms with Crippen molar-refractivity contribution in [2.75, 3.05) is 4.90 Å². The summed E-state index contributed by atoms with van der Waals surface area (Å²) in [4.78, 5) is 4.98. The first-order chi connectivity index (χ1) is 30.5. The van der Waals surface area contributed by atoms with Crippen molar-refractivity contribution in [1.82, 2.24) is 4.57 Å². The van der Waals surface area contributed by atoms with Gasteiger partial charge in [0.1, 0.15) is 0 Å².